The van der Waals surface area contributed by atoms with E-state index in [1.54, 1.807) is 11.3 Å². The Morgan fingerprint density at radius 3 is 2.64 bits per heavy atom. The lowest BCUT2D eigenvalue weighted by molar-refractivity contribution is 0.632. The minimum absolute atomic E-state index is 0.951. The summed E-state index contributed by atoms with van der Waals surface area (Å²) in [6, 6.07) is 14.3. The molecular formula is C12H8OS. The van der Waals surface area contributed by atoms with Crippen molar-refractivity contribution in [3.63, 3.8) is 0 Å². The van der Waals surface area contributed by atoms with E-state index in [1.807, 2.05) is 29.6 Å². The zero-order valence-electron chi connectivity index (χ0n) is 7.44. The molecule has 2 heterocycles. The van der Waals surface area contributed by atoms with Gasteiger partial charge in [0.15, 0.2) is 0 Å². The molecule has 3 rings (SSSR count). The van der Waals surface area contributed by atoms with Crippen LogP contribution in [0.1, 0.15) is 0 Å². The second kappa shape index (κ2) is 3.00. The molecule has 0 aliphatic carbocycles. The first kappa shape index (κ1) is 7.83. The Balaban J connectivity index is 2.19. The van der Waals surface area contributed by atoms with E-state index < -0.39 is 0 Å². The molecule has 0 atom stereocenters. The fourth-order valence-corrected chi connectivity index (χ4v) is 2.25. The number of thiophene rings is 1. The quantitative estimate of drug-likeness (QED) is 0.574. The third kappa shape index (κ3) is 1.16. The Hall–Kier alpha value is -1.54. The van der Waals surface area contributed by atoms with E-state index in [-0.39, 0.29) is 0 Å². The fraction of sp³-hybridized carbons (Fsp3) is 0. The maximum Gasteiger partial charge on any atom is 0.145 e. The van der Waals surface area contributed by atoms with Gasteiger partial charge in [0.2, 0.25) is 0 Å². The normalized spacial score (nSPS) is 10.9. The van der Waals surface area contributed by atoms with Gasteiger partial charge in [-0.15, -0.1) is 11.3 Å². The van der Waals surface area contributed by atoms with Crippen LogP contribution in [-0.4, -0.2) is 0 Å². The predicted octanol–water partition coefficient (Wildman–Crippen LogP) is 4.16. The van der Waals surface area contributed by atoms with Crippen molar-refractivity contribution in [2.45, 2.75) is 0 Å². The topological polar surface area (TPSA) is 13.1 Å². The molecule has 0 bridgehead atoms. The van der Waals surface area contributed by atoms with Gasteiger partial charge in [0.25, 0.3) is 0 Å². The van der Waals surface area contributed by atoms with Crippen LogP contribution in [0.25, 0.3) is 21.6 Å². The molecule has 0 aliphatic heterocycles. The molecule has 0 saturated carbocycles. The molecule has 14 heavy (non-hydrogen) atoms. The summed E-state index contributed by atoms with van der Waals surface area (Å²) in [7, 11) is 0. The Labute approximate surface area is 85.6 Å². The highest BCUT2D eigenvalue weighted by Crippen LogP contribution is 2.30. The van der Waals surface area contributed by atoms with E-state index >= 15 is 0 Å². The van der Waals surface area contributed by atoms with Gasteiger partial charge in [-0.25, -0.2) is 0 Å². The Kier molecular flexibility index (Phi) is 1.67. The van der Waals surface area contributed by atoms with E-state index in [4.69, 9.17) is 4.42 Å². The minimum Gasteiger partial charge on any atom is -0.455 e. The first-order chi connectivity index (χ1) is 6.93. The lowest BCUT2D eigenvalue weighted by Gasteiger charge is -1.93. The van der Waals surface area contributed by atoms with Crippen molar-refractivity contribution in [2.24, 2.45) is 0 Å². The summed E-state index contributed by atoms with van der Waals surface area (Å²) in [4.78, 5) is 0. The average Bonchev–Trinajstić information content (AvgIpc) is 2.78. The smallest absolute Gasteiger partial charge is 0.145 e. The van der Waals surface area contributed by atoms with Crippen molar-refractivity contribution in [3.05, 3.63) is 47.8 Å². The Morgan fingerprint density at radius 2 is 1.86 bits per heavy atom. The Bertz CT molecular complexity index is 519. The van der Waals surface area contributed by atoms with Crippen LogP contribution in [0.15, 0.2) is 52.3 Å². The van der Waals surface area contributed by atoms with Gasteiger partial charge in [-0.2, -0.15) is 0 Å². The fourth-order valence-electron chi connectivity index (χ4n) is 1.51. The molecule has 0 fully saturated rings. The molecule has 3 aromatic rings. The molecular weight excluding hydrogens is 192 g/mol. The standard InChI is InChI=1S/C12H8OS/c1-2-4-9(5-3-1)11-8-12-10(13-11)6-7-14-12/h1-8H. The summed E-state index contributed by atoms with van der Waals surface area (Å²) in [6.45, 7) is 0. The largest absolute Gasteiger partial charge is 0.455 e. The maximum atomic E-state index is 5.70. The van der Waals surface area contributed by atoms with Gasteiger partial charge >= 0.3 is 0 Å². The molecule has 0 spiro atoms. The number of hydrogen-bond acceptors (Lipinski definition) is 2. The van der Waals surface area contributed by atoms with Crippen molar-refractivity contribution in [3.8, 4) is 11.3 Å². The zero-order valence-corrected chi connectivity index (χ0v) is 8.25. The predicted molar refractivity (Wildman–Crippen MR) is 59.5 cm³/mol. The second-order valence-electron chi connectivity index (χ2n) is 3.13. The summed E-state index contributed by atoms with van der Waals surface area (Å²) in [5, 5.41) is 2.04. The summed E-state index contributed by atoms with van der Waals surface area (Å²) < 4.78 is 6.92. The van der Waals surface area contributed by atoms with Gasteiger partial charge in [-0.1, -0.05) is 30.3 Å². The first-order valence-electron chi connectivity index (χ1n) is 4.46. The molecule has 2 heteroatoms. The second-order valence-corrected chi connectivity index (χ2v) is 4.07. The van der Waals surface area contributed by atoms with E-state index in [0.29, 0.717) is 0 Å². The molecule has 1 aromatic carbocycles. The molecule has 68 valence electrons. The van der Waals surface area contributed by atoms with E-state index in [2.05, 4.69) is 18.2 Å². The molecule has 1 nitrogen and oxygen atoms in total. The van der Waals surface area contributed by atoms with Crippen LogP contribution in [0, 0.1) is 0 Å². The van der Waals surface area contributed by atoms with Gasteiger partial charge in [0.05, 0.1) is 4.70 Å². The van der Waals surface area contributed by atoms with E-state index in [9.17, 15) is 0 Å². The van der Waals surface area contributed by atoms with Gasteiger partial charge in [0.1, 0.15) is 11.3 Å². The summed E-state index contributed by atoms with van der Waals surface area (Å²) in [5.41, 5.74) is 2.12. The molecule has 0 N–H and O–H groups in total. The van der Waals surface area contributed by atoms with Crippen molar-refractivity contribution in [1.29, 1.82) is 0 Å². The van der Waals surface area contributed by atoms with Gasteiger partial charge in [-0.3, -0.25) is 0 Å². The maximum absolute atomic E-state index is 5.70. The van der Waals surface area contributed by atoms with Crippen molar-refractivity contribution >= 4 is 21.6 Å². The highest BCUT2D eigenvalue weighted by molar-refractivity contribution is 7.17. The highest BCUT2D eigenvalue weighted by atomic mass is 32.1. The molecule has 0 amide bonds. The van der Waals surface area contributed by atoms with E-state index in [0.717, 1.165) is 16.9 Å². The minimum atomic E-state index is 0.951. The number of furan rings is 1. The Morgan fingerprint density at radius 1 is 1.00 bits per heavy atom. The van der Waals surface area contributed by atoms with Crippen LogP contribution >= 0.6 is 11.3 Å². The van der Waals surface area contributed by atoms with Gasteiger partial charge < -0.3 is 4.42 Å². The monoisotopic (exact) mass is 200 g/mol. The van der Waals surface area contributed by atoms with Crippen LogP contribution in [0.2, 0.25) is 0 Å². The molecule has 0 unspecified atom stereocenters. The summed E-state index contributed by atoms with van der Waals surface area (Å²) in [5.74, 6) is 0.951. The molecule has 0 aliphatic rings. The van der Waals surface area contributed by atoms with Crippen LogP contribution in [0.3, 0.4) is 0 Å². The molecule has 0 saturated heterocycles. The number of fused-ring (bicyclic) bond motifs is 1. The highest BCUT2D eigenvalue weighted by Gasteiger charge is 2.05. The van der Waals surface area contributed by atoms with Crippen molar-refractivity contribution in [1.82, 2.24) is 0 Å². The third-order valence-electron chi connectivity index (χ3n) is 2.20. The van der Waals surface area contributed by atoms with Gasteiger partial charge in [0, 0.05) is 11.6 Å². The lowest BCUT2D eigenvalue weighted by atomic mass is 10.2. The number of hydrogen-bond donors (Lipinski definition) is 0. The van der Waals surface area contributed by atoms with Crippen molar-refractivity contribution < 1.29 is 4.42 Å². The number of benzene rings is 1. The summed E-state index contributed by atoms with van der Waals surface area (Å²) >= 11 is 1.71. The first-order valence-corrected chi connectivity index (χ1v) is 5.34. The van der Waals surface area contributed by atoms with Gasteiger partial charge in [-0.05, 0) is 11.4 Å². The summed E-state index contributed by atoms with van der Waals surface area (Å²) in [6.07, 6.45) is 0. The SMILES string of the molecule is c1ccc(-c2cc3sccc3o2)cc1. The zero-order chi connectivity index (χ0) is 9.38. The van der Waals surface area contributed by atoms with E-state index in [1.165, 1.54) is 4.70 Å². The average molecular weight is 200 g/mol. The van der Waals surface area contributed by atoms with Crippen LogP contribution in [0.4, 0.5) is 0 Å². The molecule has 2 aromatic heterocycles. The third-order valence-corrected chi connectivity index (χ3v) is 3.04. The number of rotatable bonds is 1. The molecule has 0 radical (unpaired) electrons. The van der Waals surface area contributed by atoms with Crippen LogP contribution in [-0.2, 0) is 0 Å². The lowest BCUT2D eigenvalue weighted by Crippen LogP contribution is -1.69. The van der Waals surface area contributed by atoms with Crippen molar-refractivity contribution in [2.75, 3.05) is 0 Å². The van der Waals surface area contributed by atoms with Crippen LogP contribution < -0.4 is 0 Å². The van der Waals surface area contributed by atoms with Crippen LogP contribution in [0.5, 0.6) is 0 Å².